The molecule has 0 bridgehead atoms. The van der Waals surface area contributed by atoms with Crippen LogP contribution < -0.4 is 10.5 Å². The molecule has 3 rings (SSSR count). The van der Waals surface area contributed by atoms with Crippen molar-refractivity contribution in [2.24, 2.45) is 0 Å². The summed E-state index contributed by atoms with van der Waals surface area (Å²) in [6, 6.07) is 7.49. The molecular formula is C25H34N5O9PS. The summed E-state index contributed by atoms with van der Waals surface area (Å²) in [4.78, 5) is 37.2. The van der Waals surface area contributed by atoms with E-state index in [-0.39, 0.29) is 31.9 Å². The number of aromatic nitrogens is 4. The second kappa shape index (κ2) is 16.3. The topological polar surface area (TPSA) is 176 Å². The third-order valence-electron chi connectivity index (χ3n) is 5.30. The van der Waals surface area contributed by atoms with E-state index in [1.165, 1.54) is 11.8 Å². The van der Waals surface area contributed by atoms with Crippen molar-refractivity contribution in [3.05, 3.63) is 30.6 Å². The Morgan fingerprint density at radius 2 is 1.63 bits per heavy atom. The van der Waals surface area contributed by atoms with Crippen LogP contribution in [-0.2, 0) is 44.0 Å². The van der Waals surface area contributed by atoms with Crippen molar-refractivity contribution in [3.8, 4) is 5.75 Å². The number of anilines is 1. The van der Waals surface area contributed by atoms with Gasteiger partial charge in [0.1, 0.15) is 22.6 Å². The van der Waals surface area contributed by atoms with Crippen molar-refractivity contribution in [2.45, 2.75) is 56.0 Å². The number of esters is 2. The Kier molecular flexibility index (Phi) is 12.8. The lowest BCUT2D eigenvalue weighted by molar-refractivity contribution is -0.152. The molecule has 0 saturated heterocycles. The number of benzene rings is 1. The number of carbonyl (C=O) groups excluding carboxylic acids is 2. The summed E-state index contributed by atoms with van der Waals surface area (Å²) < 4.78 is 45.9. The van der Waals surface area contributed by atoms with E-state index < -0.39 is 39.5 Å². The van der Waals surface area contributed by atoms with Gasteiger partial charge in [-0.15, -0.1) is 0 Å². The minimum absolute atomic E-state index is 0.0677. The highest BCUT2D eigenvalue weighted by Crippen LogP contribution is 2.48. The summed E-state index contributed by atoms with van der Waals surface area (Å²) in [5.41, 5.74) is 7.02. The minimum atomic E-state index is -3.94. The lowest BCUT2D eigenvalue weighted by Gasteiger charge is -2.18. The zero-order valence-electron chi connectivity index (χ0n) is 23.1. The predicted molar refractivity (Wildman–Crippen MR) is 149 cm³/mol. The number of carbonyl (C=O) groups is 2. The maximum Gasteiger partial charge on any atom is 0.361 e. The summed E-state index contributed by atoms with van der Waals surface area (Å²) >= 11 is 1.39. The first-order valence-corrected chi connectivity index (χ1v) is 15.4. The van der Waals surface area contributed by atoms with Crippen LogP contribution in [0.25, 0.3) is 11.2 Å². The fourth-order valence-corrected chi connectivity index (χ4v) is 5.15. The number of hydrogen-bond donors (Lipinski definition) is 1. The van der Waals surface area contributed by atoms with Gasteiger partial charge in [-0.05, 0) is 37.1 Å². The van der Waals surface area contributed by atoms with E-state index in [9.17, 15) is 14.2 Å². The van der Waals surface area contributed by atoms with Crippen molar-refractivity contribution < 1.29 is 42.1 Å². The van der Waals surface area contributed by atoms with E-state index in [1.54, 1.807) is 18.0 Å². The Hall–Kier alpha value is -3.23. The number of fused-ring (bicyclic) bond motifs is 1. The SMILES string of the molecule is CCCC(=O)OCOP(=O)(COCCn1cnc2c(Sc3ccc(OC)cc3)nc(N)nc21)OCOC(=O)CCC. The van der Waals surface area contributed by atoms with Crippen LogP contribution in [0.5, 0.6) is 5.75 Å². The molecule has 41 heavy (non-hydrogen) atoms. The number of ether oxygens (including phenoxy) is 4. The van der Waals surface area contributed by atoms with Gasteiger partial charge in [0.05, 0.1) is 20.0 Å². The Labute approximate surface area is 241 Å². The smallest absolute Gasteiger partial charge is 0.361 e. The lowest BCUT2D eigenvalue weighted by Crippen LogP contribution is -2.14. The van der Waals surface area contributed by atoms with E-state index in [0.717, 1.165) is 10.6 Å². The minimum Gasteiger partial charge on any atom is -0.497 e. The Balaban J connectivity index is 1.60. The molecule has 224 valence electrons. The van der Waals surface area contributed by atoms with Crippen LogP contribution in [0, 0.1) is 0 Å². The number of nitrogens with two attached hydrogens (primary N) is 1. The highest BCUT2D eigenvalue weighted by molar-refractivity contribution is 7.99. The van der Waals surface area contributed by atoms with Crippen LogP contribution in [0.15, 0.2) is 40.5 Å². The van der Waals surface area contributed by atoms with Crippen molar-refractivity contribution in [3.63, 3.8) is 0 Å². The van der Waals surface area contributed by atoms with Gasteiger partial charge in [0.2, 0.25) is 19.5 Å². The molecule has 0 aliphatic heterocycles. The van der Waals surface area contributed by atoms with Crippen LogP contribution in [0.2, 0.25) is 0 Å². The van der Waals surface area contributed by atoms with Gasteiger partial charge in [-0.25, -0.2) is 9.97 Å². The molecule has 2 aromatic heterocycles. The van der Waals surface area contributed by atoms with Crippen LogP contribution in [-0.4, -0.2) is 65.1 Å². The second-order valence-electron chi connectivity index (χ2n) is 8.45. The molecule has 0 radical (unpaired) electrons. The molecule has 1 aromatic carbocycles. The zero-order valence-corrected chi connectivity index (χ0v) is 24.9. The van der Waals surface area contributed by atoms with Gasteiger partial charge in [-0.3, -0.25) is 23.2 Å². The highest BCUT2D eigenvalue weighted by Gasteiger charge is 2.27. The zero-order chi connectivity index (χ0) is 29.7. The second-order valence-corrected chi connectivity index (χ2v) is 11.5. The molecule has 2 heterocycles. The number of nitrogens with zero attached hydrogens (tertiary/aromatic N) is 4. The van der Waals surface area contributed by atoms with Gasteiger partial charge in [0.25, 0.3) is 0 Å². The van der Waals surface area contributed by atoms with Gasteiger partial charge in [0.15, 0.2) is 5.65 Å². The van der Waals surface area contributed by atoms with Crippen molar-refractivity contribution >= 4 is 48.4 Å². The summed E-state index contributed by atoms with van der Waals surface area (Å²) in [6.07, 6.45) is 2.65. The van der Waals surface area contributed by atoms with Gasteiger partial charge in [-0.1, -0.05) is 25.6 Å². The number of rotatable bonds is 18. The summed E-state index contributed by atoms with van der Waals surface area (Å²) in [7, 11) is -2.34. The summed E-state index contributed by atoms with van der Waals surface area (Å²) in [5, 5.41) is 0.582. The molecule has 0 atom stereocenters. The number of imidazole rings is 1. The molecule has 3 aromatic rings. The molecule has 14 nitrogen and oxygen atoms in total. The predicted octanol–water partition coefficient (Wildman–Crippen LogP) is 4.37. The Morgan fingerprint density at radius 3 is 2.22 bits per heavy atom. The molecule has 0 aliphatic rings. The van der Waals surface area contributed by atoms with Crippen LogP contribution in [0.4, 0.5) is 5.95 Å². The molecule has 2 N–H and O–H groups in total. The first-order chi connectivity index (χ1) is 19.8. The summed E-state index contributed by atoms with van der Waals surface area (Å²) in [6.45, 7) is 2.78. The maximum atomic E-state index is 13.1. The molecule has 0 spiro atoms. The Bertz CT molecular complexity index is 1310. The fourth-order valence-electron chi connectivity index (χ4n) is 3.27. The largest absolute Gasteiger partial charge is 0.497 e. The first-order valence-electron chi connectivity index (χ1n) is 12.8. The quantitative estimate of drug-likeness (QED) is 0.0705. The van der Waals surface area contributed by atoms with Gasteiger partial charge in [0, 0.05) is 24.3 Å². The maximum absolute atomic E-state index is 13.1. The summed E-state index contributed by atoms with van der Waals surface area (Å²) in [5.74, 6) is -0.196. The standard InChI is InChI=1S/C25H34N5O9PS/c1-4-6-20(31)36-15-38-40(33,39-16-37-21(32)7-5-2)17-35-13-12-30-14-27-22-23(30)28-25(26)29-24(22)41-19-10-8-18(34-3)9-11-19/h8-11,14H,4-7,12-13,15-17H2,1-3H3,(H2,26,28,29). The van der Waals surface area contributed by atoms with E-state index in [2.05, 4.69) is 15.0 Å². The van der Waals surface area contributed by atoms with Crippen molar-refractivity contribution in [1.82, 2.24) is 19.5 Å². The number of nitrogen functional groups attached to an aromatic ring is 1. The lowest BCUT2D eigenvalue weighted by atomic mass is 10.3. The molecular weight excluding hydrogens is 577 g/mol. The molecule has 16 heteroatoms. The highest BCUT2D eigenvalue weighted by atomic mass is 32.2. The fraction of sp³-hybridized carbons (Fsp3) is 0.480. The Morgan fingerprint density at radius 1 is 1.00 bits per heavy atom. The first kappa shape index (κ1) is 32.3. The van der Waals surface area contributed by atoms with E-state index in [1.807, 2.05) is 38.1 Å². The number of hydrogen-bond acceptors (Lipinski definition) is 14. The van der Waals surface area contributed by atoms with Crippen LogP contribution in [0.1, 0.15) is 39.5 Å². The van der Waals surface area contributed by atoms with Crippen molar-refractivity contribution in [1.29, 1.82) is 0 Å². The monoisotopic (exact) mass is 611 g/mol. The van der Waals surface area contributed by atoms with Gasteiger partial charge in [-0.2, -0.15) is 4.98 Å². The molecule has 0 saturated carbocycles. The molecule has 0 amide bonds. The van der Waals surface area contributed by atoms with E-state index in [4.69, 9.17) is 33.7 Å². The third kappa shape index (κ3) is 10.3. The average Bonchev–Trinajstić information content (AvgIpc) is 3.34. The van der Waals surface area contributed by atoms with Crippen LogP contribution in [0.3, 0.4) is 0 Å². The average molecular weight is 612 g/mol. The molecule has 0 aliphatic carbocycles. The third-order valence-corrected chi connectivity index (χ3v) is 7.78. The van der Waals surface area contributed by atoms with E-state index >= 15 is 0 Å². The van der Waals surface area contributed by atoms with Crippen LogP contribution >= 0.6 is 19.4 Å². The van der Waals surface area contributed by atoms with Gasteiger partial charge >= 0.3 is 19.5 Å². The number of methoxy groups -OCH3 is 1. The van der Waals surface area contributed by atoms with Gasteiger partial charge < -0.3 is 29.2 Å². The molecule has 0 fully saturated rings. The molecule has 0 unspecified atom stereocenters. The van der Waals surface area contributed by atoms with E-state index in [0.29, 0.717) is 29.0 Å². The van der Waals surface area contributed by atoms with Crippen molar-refractivity contribution in [2.75, 3.05) is 39.4 Å². The normalized spacial score (nSPS) is 11.5.